The Hall–Kier alpha value is -2.86. The van der Waals surface area contributed by atoms with E-state index in [-0.39, 0.29) is 17.2 Å². The van der Waals surface area contributed by atoms with Crippen LogP contribution >= 0.6 is 0 Å². The third kappa shape index (κ3) is 3.97. The number of morpholine rings is 1. The highest BCUT2D eigenvalue weighted by atomic mass is 16.5. The van der Waals surface area contributed by atoms with Crippen LogP contribution in [0.25, 0.3) is 0 Å². The van der Waals surface area contributed by atoms with Gasteiger partial charge in [0.1, 0.15) is 11.3 Å². The van der Waals surface area contributed by atoms with Gasteiger partial charge in [0.15, 0.2) is 0 Å². The fourth-order valence-electron chi connectivity index (χ4n) is 2.66. The average Bonchev–Trinajstić information content (AvgIpc) is 2.67. The SMILES string of the molecule is O=C(O[C@@H](C(=O)N1CCOCC1)c1ccccc1)c1ccccc1O. The molecule has 0 saturated carbocycles. The number of amides is 1. The molecule has 0 aromatic heterocycles. The van der Waals surface area contributed by atoms with E-state index in [0.29, 0.717) is 31.9 Å². The first-order chi connectivity index (χ1) is 12.2. The molecule has 1 atom stereocenters. The summed E-state index contributed by atoms with van der Waals surface area (Å²) in [6, 6.07) is 15.0. The van der Waals surface area contributed by atoms with Crippen molar-refractivity contribution in [3.63, 3.8) is 0 Å². The smallest absolute Gasteiger partial charge is 0.343 e. The number of hydrogen-bond donors (Lipinski definition) is 1. The number of phenols is 1. The minimum absolute atomic E-state index is 0.0261. The monoisotopic (exact) mass is 341 g/mol. The molecule has 2 aromatic rings. The lowest BCUT2D eigenvalue weighted by molar-refractivity contribution is -0.145. The topological polar surface area (TPSA) is 76.1 Å². The summed E-state index contributed by atoms with van der Waals surface area (Å²) < 4.78 is 10.8. The van der Waals surface area contributed by atoms with Gasteiger partial charge in [-0.05, 0) is 12.1 Å². The first-order valence-electron chi connectivity index (χ1n) is 8.07. The number of ether oxygens (including phenoxy) is 2. The number of rotatable bonds is 4. The van der Waals surface area contributed by atoms with Crippen molar-refractivity contribution in [1.82, 2.24) is 4.90 Å². The maximum Gasteiger partial charge on any atom is 0.343 e. The van der Waals surface area contributed by atoms with E-state index in [1.165, 1.54) is 12.1 Å². The molecule has 1 aliphatic heterocycles. The minimum atomic E-state index is -1.06. The molecule has 130 valence electrons. The van der Waals surface area contributed by atoms with E-state index in [1.54, 1.807) is 41.3 Å². The molecule has 1 aliphatic rings. The zero-order chi connectivity index (χ0) is 17.6. The predicted octanol–water partition coefficient (Wildman–Crippen LogP) is 2.15. The quantitative estimate of drug-likeness (QED) is 0.863. The van der Waals surface area contributed by atoms with Gasteiger partial charge in [-0.25, -0.2) is 4.79 Å². The van der Waals surface area contributed by atoms with Crippen LogP contribution in [0, 0.1) is 0 Å². The molecule has 6 nitrogen and oxygen atoms in total. The second-order valence-electron chi connectivity index (χ2n) is 5.65. The Balaban J connectivity index is 1.85. The first kappa shape index (κ1) is 17.0. The summed E-state index contributed by atoms with van der Waals surface area (Å²) in [5.74, 6) is -1.22. The van der Waals surface area contributed by atoms with E-state index in [2.05, 4.69) is 0 Å². The summed E-state index contributed by atoms with van der Waals surface area (Å²) in [6.45, 7) is 1.83. The number of hydrogen-bond acceptors (Lipinski definition) is 5. The van der Waals surface area contributed by atoms with Gasteiger partial charge >= 0.3 is 5.97 Å². The Bertz CT molecular complexity index is 740. The fraction of sp³-hybridized carbons (Fsp3) is 0.263. The van der Waals surface area contributed by atoms with Crippen LogP contribution in [-0.2, 0) is 14.3 Å². The molecule has 1 heterocycles. The van der Waals surface area contributed by atoms with E-state index < -0.39 is 12.1 Å². The molecular weight excluding hydrogens is 322 g/mol. The van der Waals surface area contributed by atoms with Gasteiger partial charge in [0, 0.05) is 18.7 Å². The van der Waals surface area contributed by atoms with Crippen molar-refractivity contribution in [1.29, 1.82) is 0 Å². The molecule has 0 unspecified atom stereocenters. The number of carbonyl (C=O) groups excluding carboxylic acids is 2. The van der Waals surface area contributed by atoms with E-state index in [1.807, 2.05) is 6.07 Å². The lowest BCUT2D eigenvalue weighted by Gasteiger charge is -2.30. The highest BCUT2D eigenvalue weighted by molar-refractivity contribution is 5.94. The van der Waals surface area contributed by atoms with Gasteiger partial charge < -0.3 is 19.5 Å². The number of para-hydroxylation sites is 1. The highest BCUT2D eigenvalue weighted by Crippen LogP contribution is 2.25. The van der Waals surface area contributed by atoms with Gasteiger partial charge in [-0.15, -0.1) is 0 Å². The Morgan fingerprint density at radius 2 is 1.64 bits per heavy atom. The predicted molar refractivity (Wildman–Crippen MR) is 90.1 cm³/mol. The molecular formula is C19H19NO5. The molecule has 1 N–H and O–H groups in total. The Morgan fingerprint density at radius 1 is 1.00 bits per heavy atom. The van der Waals surface area contributed by atoms with Gasteiger partial charge in [0.05, 0.1) is 13.2 Å². The van der Waals surface area contributed by atoms with Crippen LogP contribution in [0.15, 0.2) is 54.6 Å². The summed E-state index contributed by atoms with van der Waals surface area (Å²) >= 11 is 0. The summed E-state index contributed by atoms with van der Waals surface area (Å²) in [5.41, 5.74) is 0.612. The molecule has 0 spiro atoms. The van der Waals surface area contributed by atoms with Crippen molar-refractivity contribution in [2.45, 2.75) is 6.10 Å². The maximum atomic E-state index is 12.9. The zero-order valence-corrected chi connectivity index (χ0v) is 13.6. The van der Waals surface area contributed by atoms with Crippen molar-refractivity contribution < 1.29 is 24.2 Å². The standard InChI is InChI=1S/C19H19NO5/c21-16-9-5-4-8-15(16)19(23)25-17(14-6-2-1-3-7-14)18(22)20-10-12-24-13-11-20/h1-9,17,21H,10-13H2/t17-/m1/s1. The lowest BCUT2D eigenvalue weighted by Crippen LogP contribution is -2.44. The third-order valence-electron chi connectivity index (χ3n) is 4.00. The first-order valence-corrected chi connectivity index (χ1v) is 8.07. The number of aromatic hydroxyl groups is 1. The van der Waals surface area contributed by atoms with Crippen LogP contribution in [0.5, 0.6) is 5.75 Å². The van der Waals surface area contributed by atoms with Gasteiger partial charge in [-0.2, -0.15) is 0 Å². The van der Waals surface area contributed by atoms with Gasteiger partial charge in [0.25, 0.3) is 5.91 Å². The Kier molecular flexibility index (Phi) is 5.30. The summed E-state index contributed by atoms with van der Waals surface area (Å²) in [7, 11) is 0. The average molecular weight is 341 g/mol. The van der Waals surface area contributed by atoms with E-state index in [9.17, 15) is 14.7 Å². The molecule has 2 aromatic carbocycles. The Morgan fingerprint density at radius 3 is 2.32 bits per heavy atom. The molecule has 0 bridgehead atoms. The van der Waals surface area contributed by atoms with Crippen LogP contribution in [0.1, 0.15) is 22.0 Å². The molecule has 3 rings (SSSR count). The molecule has 1 fully saturated rings. The van der Waals surface area contributed by atoms with E-state index in [0.717, 1.165) is 0 Å². The molecule has 0 aliphatic carbocycles. The second kappa shape index (κ2) is 7.81. The van der Waals surface area contributed by atoms with Crippen LogP contribution in [0.2, 0.25) is 0 Å². The number of carbonyl (C=O) groups is 2. The van der Waals surface area contributed by atoms with Crippen LogP contribution in [-0.4, -0.2) is 48.2 Å². The van der Waals surface area contributed by atoms with Crippen LogP contribution < -0.4 is 0 Å². The van der Waals surface area contributed by atoms with Crippen molar-refractivity contribution >= 4 is 11.9 Å². The largest absolute Gasteiger partial charge is 0.507 e. The molecule has 25 heavy (non-hydrogen) atoms. The Labute approximate surface area is 145 Å². The lowest BCUT2D eigenvalue weighted by atomic mass is 10.1. The molecule has 1 amide bonds. The van der Waals surface area contributed by atoms with Gasteiger partial charge in [-0.1, -0.05) is 42.5 Å². The van der Waals surface area contributed by atoms with Gasteiger partial charge in [0.2, 0.25) is 6.10 Å². The second-order valence-corrected chi connectivity index (χ2v) is 5.65. The van der Waals surface area contributed by atoms with Crippen molar-refractivity contribution in [3.8, 4) is 5.75 Å². The van der Waals surface area contributed by atoms with Crippen molar-refractivity contribution in [2.75, 3.05) is 26.3 Å². The normalized spacial score (nSPS) is 15.4. The third-order valence-corrected chi connectivity index (χ3v) is 4.00. The zero-order valence-electron chi connectivity index (χ0n) is 13.6. The number of esters is 1. The fourth-order valence-corrected chi connectivity index (χ4v) is 2.66. The summed E-state index contributed by atoms with van der Waals surface area (Å²) in [6.07, 6.45) is -1.06. The van der Waals surface area contributed by atoms with Crippen LogP contribution in [0.4, 0.5) is 0 Å². The molecule has 0 radical (unpaired) electrons. The van der Waals surface area contributed by atoms with E-state index >= 15 is 0 Å². The van der Waals surface area contributed by atoms with Crippen LogP contribution in [0.3, 0.4) is 0 Å². The molecule has 6 heteroatoms. The highest BCUT2D eigenvalue weighted by Gasteiger charge is 2.31. The van der Waals surface area contributed by atoms with Gasteiger partial charge in [-0.3, -0.25) is 4.79 Å². The van der Waals surface area contributed by atoms with Crippen molar-refractivity contribution in [3.05, 3.63) is 65.7 Å². The molecule has 1 saturated heterocycles. The number of phenolic OH excluding ortho intramolecular Hbond substituents is 1. The van der Waals surface area contributed by atoms with E-state index in [4.69, 9.17) is 9.47 Å². The van der Waals surface area contributed by atoms with Crippen molar-refractivity contribution in [2.24, 2.45) is 0 Å². The summed E-state index contributed by atoms with van der Waals surface area (Å²) in [5, 5.41) is 9.84. The summed E-state index contributed by atoms with van der Waals surface area (Å²) in [4.78, 5) is 27.0. The number of nitrogens with zero attached hydrogens (tertiary/aromatic N) is 1. The maximum absolute atomic E-state index is 12.9. The number of benzene rings is 2. The minimum Gasteiger partial charge on any atom is -0.507 e.